The molecule has 33 heavy (non-hydrogen) atoms. The lowest BCUT2D eigenvalue weighted by Crippen LogP contribution is -2.17. The van der Waals surface area contributed by atoms with Crippen LogP contribution in [0.3, 0.4) is 0 Å². The molecule has 0 unspecified atom stereocenters. The van der Waals surface area contributed by atoms with Gasteiger partial charge in [-0.05, 0) is 61.4 Å². The van der Waals surface area contributed by atoms with Gasteiger partial charge in [-0.3, -0.25) is 9.79 Å². The Morgan fingerprint density at radius 2 is 1.48 bits per heavy atom. The van der Waals surface area contributed by atoms with E-state index in [1.807, 2.05) is 85.8 Å². The number of hydrogen-bond donors (Lipinski definition) is 1. The van der Waals surface area contributed by atoms with Crippen molar-refractivity contribution in [1.29, 1.82) is 0 Å². The number of halogens is 1. The molecule has 0 aromatic heterocycles. The largest absolute Gasteiger partial charge is 0.497 e. The Balaban J connectivity index is 2.13. The van der Waals surface area contributed by atoms with E-state index >= 15 is 0 Å². The second-order valence-electron chi connectivity index (χ2n) is 7.47. The van der Waals surface area contributed by atoms with Gasteiger partial charge >= 0.3 is 0 Å². The van der Waals surface area contributed by atoms with Gasteiger partial charge in [-0.1, -0.05) is 54.1 Å². The number of rotatable bonds is 8. The smallest absolute Gasteiger partial charge is 0.154 e. The van der Waals surface area contributed by atoms with E-state index in [1.165, 1.54) is 6.92 Å². The summed E-state index contributed by atoms with van der Waals surface area (Å²) in [7, 11) is 3.40. The van der Waals surface area contributed by atoms with Crippen LogP contribution in [0.1, 0.15) is 30.5 Å². The molecule has 0 atom stereocenters. The van der Waals surface area contributed by atoms with Gasteiger partial charge < -0.3 is 10.1 Å². The van der Waals surface area contributed by atoms with Crippen molar-refractivity contribution in [2.45, 2.75) is 13.8 Å². The summed E-state index contributed by atoms with van der Waals surface area (Å²) in [6, 6.07) is 25.3. The predicted octanol–water partition coefficient (Wildman–Crippen LogP) is 6.42. The Morgan fingerprint density at radius 3 is 2.03 bits per heavy atom. The highest BCUT2D eigenvalue weighted by Crippen LogP contribution is 2.26. The lowest BCUT2D eigenvalue weighted by atomic mass is 9.94. The molecule has 4 nitrogen and oxygen atoms in total. The number of nitrogens with one attached hydrogen (secondary N) is 1. The van der Waals surface area contributed by atoms with Gasteiger partial charge in [0.25, 0.3) is 0 Å². The predicted molar refractivity (Wildman–Crippen MR) is 138 cm³/mol. The lowest BCUT2D eigenvalue weighted by molar-refractivity contribution is -0.112. The highest BCUT2D eigenvalue weighted by molar-refractivity contribution is 6.33. The molecule has 168 valence electrons. The SMILES string of the molecule is CN=C(/C(=C(\C)N/C(=C\C(C)=O)c1ccc(OC)cc1)c1ccccc1)c1ccc(Cl)cc1. The maximum Gasteiger partial charge on any atom is 0.154 e. The zero-order valence-corrected chi connectivity index (χ0v) is 20.0. The van der Waals surface area contributed by atoms with E-state index in [2.05, 4.69) is 10.3 Å². The van der Waals surface area contributed by atoms with Gasteiger partial charge in [0.2, 0.25) is 0 Å². The first-order valence-corrected chi connectivity index (χ1v) is 10.9. The first-order valence-electron chi connectivity index (χ1n) is 10.6. The van der Waals surface area contributed by atoms with Crippen molar-refractivity contribution in [1.82, 2.24) is 5.32 Å². The minimum Gasteiger partial charge on any atom is -0.497 e. The number of aliphatic imine (C=N–C) groups is 1. The molecular weight excluding hydrogens is 432 g/mol. The minimum absolute atomic E-state index is 0.0514. The molecule has 5 heteroatoms. The number of hydrogen-bond acceptors (Lipinski definition) is 4. The third kappa shape index (κ3) is 6.21. The number of methoxy groups -OCH3 is 1. The zero-order chi connectivity index (χ0) is 23.8. The summed E-state index contributed by atoms with van der Waals surface area (Å²) in [6.07, 6.45) is 1.60. The Kier molecular flexibility index (Phi) is 8.22. The second-order valence-corrected chi connectivity index (χ2v) is 7.90. The Labute approximate surface area is 200 Å². The molecule has 3 aromatic rings. The fourth-order valence-corrected chi connectivity index (χ4v) is 3.68. The van der Waals surface area contributed by atoms with Gasteiger partial charge in [-0.2, -0.15) is 0 Å². The molecule has 3 aromatic carbocycles. The molecule has 0 amide bonds. The maximum absolute atomic E-state index is 12.0. The van der Waals surface area contributed by atoms with E-state index < -0.39 is 0 Å². The van der Waals surface area contributed by atoms with Crippen LogP contribution >= 0.6 is 11.6 Å². The van der Waals surface area contributed by atoms with Crippen LogP contribution in [0.15, 0.2) is 95.6 Å². The molecule has 0 bridgehead atoms. The van der Waals surface area contributed by atoms with Gasteiger partial charge in [0.15, 0.2) is 5.78 Å². The van der Waals surface area contributed by atoms with E-state index in [0.717, 1.165) is 39.4 Å². The molecule has 0 fully saturated rings. The Bertz CT molecular complexity index is 1190. The summed E-state index contributed by atoms with van der Waals surface area (Å²) < 4.78 is 5.27. The van der Waals surface area contributed by atoms with Crippen molar-refractivity contribution in [3.63, 3.8) is 0 Å². The van der Waals surface area contributed by atoms with E-state index in [-0.39, 0.29) is 5.78 Å². The van der Waals surface area contributed by atoms with E-state index in [4.69, 9.17) is 16.3 Å². The topological polar surface area (TPSA) is 50.7 Å². The summed E-state index contributed by atoms with van der Waals surface area (Å²) in [6.45, 7) is 3.52. The molecule has 0 radical (unpaired) electrons. The van der Waals surface area contributed by atoms with Crippen LogP contribution in [-0.2, 0) is 4.79 Å². The third-order valence-corrected chi connectivity index (χ3v) is 5.34. The first-order chi connectivity index (χ1) is 15.9. The van der Waals surface area contributed by atoms with Gasteiger partial charge in [-0.25, -0.2) is 0 Å². The highest BCUT2D eigenvalue weighted by Gasteiger charge is 2.16. The molecule has 0 aliphatic carbocycles. The molecule has 3 rings (SSSR count). The molecule has 0 heterocycles. The molecular formula is C28H27ClN2O2. The van der Waals surface area contributed by atoms with E-state index in [1.54, 1.807) is 20.2 Å². The normalized spacial score (nSPS) is 12.8. The van der Waals surface area contributed by atoms with Crippen LogP contribution < -0.4 is 10.1 Å². The van der Waals surface area contributed by atoms with Crippen LogP contribution in [0.4, 0.5) is 0 Å². The number of ketones is 1. The number of allylic oxidation sites excluding steroid dienone is 3. The standard InChI is InChI=1S/C28H27ClN2O2/c1-19(32)18-26(21-12-16-25(33-4)17-13-21)31-20(2)27(22-8-6-5-7-9-22)28(30-3)23-10-14-24(29)15-11-23/h5-18,31H,1-4H3/b26-18-,27-20+,30-28?. The van der Waals surface area contributed by atoms with Crippen molar-refractivity contribution >= 4 is 34.4 Å². The van der Waals surface area contributed by atoms with Gasteiger partial charge in [0.1, 0.15) is 5.75 Å². The van der Waals surface area contributed by atoms with Crippen LogP contribution in [0.5, 0.6) is 5.75 Å². The molecule has 0 aliphatic heterocycles. The fraction of sp³-hybridized carbons (Fsp3) is 0.143. The summed E-state index contributed by atoms with van der Waals surface area (Å²) in [4.78, 5) is 16.6. The summed E-state index contributed by atoms with van der Waals surface area (Å²) in [5.41, 5.74) is 6.14. The number of benzene rings is 3. The van der Waals surface area contributed by atoms with E-state index in [9.17, 15) is 4.79 Å². The quantitative estimate of drug-likeness (QED) is 0.313. The molecule has 0 saturated heterocycles. The molecule has 1 N–H and O–H groups in total. The van der Waals surface area contributed by atoms with Crippen LogP contribution in [0.25, 0.3) is 11.3 Å². The van der Waals surface area contributed by atoms with Crippen LogP contribution in [0, 0.1) is 0 Å². The van der Waals surface area contributed by atoms with Gasteiger partial charge in [-0.15, -0.1) is 0 Å². The van der Waals surface area contributed by atoms with Gasteiger partial charge in [0, 0.05) is 40.7 Å². The summed E-state index contributed by atoms with van der Waals surface area (Å²) in [5, 5.41) is 4.14. The first kappa shape index (κ1) is 24.0. The van der Waals surface area contributed by atoms with Crippen molar-refractivity contribution in [3.8, 4) is 5.75 Å². The third-order valence-electron chi connectivity index (χ3n) is 5.09. The van der Waals surface area contributed by atoms with E-state index in [0.29, 0.717) is 10.7 Å². The summed E-state index contributed by atoms with van der Waals surface area (Å²) >= 11 is 6.11. The zero-order valence-electron chi connectivity index (χ0n) is 19.2. The van der Waals surface area contributed by atoms with Crippen LogP contribution in [-0.4, -0.2) is 25.7 Å². The maximum atomic E-state index is 12.0. The van der Waals surface area contributed by atoms with Crippen molar-refractivity contribution in [2.75, 3.05) is 14.2 Å². The number of ether oxygens (including phenoxy) is 1. The van der Waals surface area contributed by atoms with Gasteiger partial charge in [0.05, 0.1) is 12.8 Å². The molecule has 0 saturated carbocycles. The fourth-order valence-electron chi connectivity index (χ4n) is 3.56. The highest BCUT2D eigenvalue weighted by atomic mass is 35.5. The number of nitrogens with zero attached hydrogens (tertiary/aromatic N) is 1. The Hall–Kier alpha value is -3.63. The Morgan fingerprint density at radius 1 is 0.879 bits per heavy atom. The lowest BCUT2D eigenvalue weighted by Gasteiger charge is -2.19. The van der Waals surface area contributed by atoms with Crippen molar-refractivity contribution in [3.05, 3.63) is 112 Å². The van der Waals surface area contributed by atoms with Crippen molar-refractivity contribution < 1.29 is 9.53 Å². The number of carbonyl (C=O) groups excluding carboxylic acids is 1. The second kappa shape index (κ2) is 11.3. The molecule has 0 spiro atoms. The average molecular weight is 459 g/mol. The minimum atomic E-state index is -0.0514. The average Bonchev–Trinajstić information content (AvgIpc) is 2.83. The monoisotopic (exact) mass is 458 g/mol. The van der Waals surface area contributed by atoms with Crippen molar-refractivity contribution in [2.24, 2.45) is 4.99 Å². The number of carbonyl (C=O) groups is 1. The summed E-state index contributed by atoms with van der Waals surface area (Å²) in [5.74, 6) is 0.700. The van der Waals surface area contributed by atoms with Crippen LogP contribution in [0.2, 0.25) is 5.02 Å². The molecule has 0 aliphatic rings.